The van der Waals surface area contributed by atoms with Crippen LogP contribution in [0.3, 0.4) is 0 Å². The maximum Gasteiger partial charge on any atom is 0.223 e. The largest absolute Gasteiger partial charge is 0.383 e. The zero-order valence-electron chi connectivity index (χ0n) is 11.3. The van der Waals surface area contributed by atoms with E-state index in [2.05, 4.69) is 19.2 Å². The number of nitrogens with two attached hydrogens (primary N) is 1. The summed E-state index contributed by atoms with van der Waals surface area (Å²) >= 11 is 0. The lowest BCUT2D eigenvalue weighted by Crippen LogP contribution is -2.49. The average molecular weight is 242 g/mol. The van der Waals surface area contributed by atoms with Crippen LogP contribution < -0.4 is 11.1 Å². The molecule has 1 fully saturated rings. The van der Waals surface area contributed by atoms with Crippen molar-refractivity contribution in [2.45, 2.75) is 45.6 Å². The van der Waals surface area contributed by atoms with Crippen molar-refractivity contribution < 1.29 is 9.53 Å². The van der Waals surface area contributed by atoms with Gasteiger partial charge in [-0.3, -0.25) is 4.79 Å². The molecule has 0 saturated heterocycles. The van der Waals surface area contributed by atoms with Gasteiger partial charge in [-0.25, -0.2) is 0 Å². The molecule has 1 saturated carbocycles. The second kappa shape index (κ2) is 6.36. The van der Waals surface area contributed by atoms with Gasteiger partial charge in [0.2, 0.25) is 5.91 Å². The van der Waals surface area contributed by atoms with Gasteiger partial charge in [0.05, 0.1) is 12.6 Å². The fraction of sp³-hybridized carbons (Fsp3) is 0.923. The highest BCUT2D eigenvalue weighted by atomic mass is 16.5. The van der Waals surface area contributed by atoms with Crippen LogP contribution in [-0.2, 0) is 9.53 Å². The molecular weight excluding hydrogens is 216 g/mol. The Morgan fingerprint density at radius 2 is 2.24 bits per heavy atom. The summed E-state index contributed by atoms with van der Waals surface area (Å²) in [6.45, 7) is 5.27. The molecular formula is C13H26N2O2. The highest BCUT2D eigenvalue weighted by molar-refractivity contribution is 5.79. The first kappa shape index (κ1) is 14.5. The molecule has 100 valence electrons. The van der Waals surface area contributed by atoms with Crippen molar-refractivity contribution in [2.24, 2.45) is 17.1 Å². The van der Waals surface area contributed by atoms with Crippen LogP contribution in [0.15, 0.2) is 0 Å². The fourth-order valence-corrected chi connectivity index (χ4v) is 2.65. The molecule has 17 heavy (non-hydrogen) atoms. The standard InChI is InChI=1S/C13H26N2O2/c1-13(2)7-5-4-6-11(13)12(16)15-10(8-14)9-17-3/h10-11H,4-9,14H2,1-3H3,(H,15,16). The van der Waals surface area contributed by atoms with E-state index >= 15 is 0 Å². The quantitative estimate of drug-likeness (QED) is 0.763. The molecule has 1 rings (SSSR count). The van der Waals surface area contributed by atoms with Gasteiger partial charge in [0, 0.05) is 19.6 Å². The normalized spacial score (nSPS) is 25.3. The molecule has 3 N–H and O–H groups in total. The summed E-state index contributed by atoms with van der Waals surface area (Å²) in [5.41, 5.74) is 5.72. The van der Waals surface area contributed by atoms with E-state index in [1.54, 1.807) is 7.11 Å². The van der Waals surface area contributed by atoms with Gasteiger partial charge < -0.3 is 15.8 Å². The lowest BCUT2D eigenvalue weighted by molar-refractivity contribution is -0.131. The van der Waals surface area contributed by atoms with Crippen molar-refractivity contribution in [2.75, 3.05) is 20.3 Å². The molecule has 4 heteroatoms. The Kier molecular flexibility index (Phi) is 5.40. The van der Waals surface area contributed by atoms with Gasteiger partial charge in [-0.15, -0.1) is 0 Å². The number of amides is 1. The van der Waals surface area contributed by atoms with Crippen molar-refractivity contribution in [3.05, 3.63) is 0 Å². The second-order valence-electron chi connectivity index (χ2n) is 5.68. The number of hydrogen-bond acceptors (Lipinski definition) is 3. The van der Waals surface area contributed by atoms with Crippen molar-refractivity contribution in [1.82, 2.24) is 5.32 Å². The zero-order valence-corrected chi connectivity index (χ0v) is 11.3. The number of ether oxygens (including phenoxy) is 1. The molecule has 2 atom stereocenters. The van der Waals surface area contributed by atoms with E-state index in [1.165, 1.54) is 6.42 Å². The molecule has 0 aromatic rings. The number of nitrogens with one attached hydrogen (secondary N) is 1. The van der Waals surface area contributed by atoms with Gasteiger partial charge in [-0.2, -0.15) is 0 Å². The summed E-state index contributed by atoms with van der Waals surface area (Å²) in [5.74, 6) is 0.254. The molecule has 0 aliphatic heterocycles. The van der Waals surface area contributed by atoms with E-state index in [4.69, 9.17) is 10.5 Å². The van der Waals surface area contributed by atoms with Crippen molar-refractivity contribution in [3.63, 3.8) is 0 Å². The van der Waals surface area contributed by atoms with E-state index in [9.17, 15) is 4.79 Å². The third-order valence-corrected chi connectivity index (χ3v) is 3.82. The Morgan fingerprint density at radius 1 is 1.53 bits per heavy atom. The summed E-state index contributed by atoms with van der Waals surface area (Å²) in [4.78, 5) is 12.2. The Hall–Kier alpha value is -0.610. The van der Waals surface area contributed by atoms with Crippen LogP contribution in [-0.4, -0.2) is 32.2 Å². The van der Waals surface area contributed by atoms with E-state index in [0.29, 0.717) is 13.2 Å². The molecule has 0 spiro atoms. The second-order valence-corrected chi connectivity index (χ2v) is 5.68. The minimum absolute atomic E-state index is 0.0646. The van der Waals surface area contributed by atoms with Crippen molar-refractivity contribution >= 4 is 5.91 Å². The zero-order chi connectivity index (χ0) is 12.9. The number of hydrogen-bond donors (Lipinski definition) is 2. The van der Waals surface area contributed by atoms with Gasteiger partial charge in [-0.05, 0) is 18.3 Å². The molecule has 1 amide bonds. The Labute approximate surface area is 104 Å². The SMILES string of the molecule is COCC(CN)NC(=O)C1CCCCC1(C)C. The summed E-state index contributed by atoms with van der Waals surface area (Å²) in [5, 5.41) is 3.00. The molecule has 0 bridgehead atoms. The molecule has 4 nitrogen and oxygen atoms in total. The summed E-state index contributed by atoms with van der Waals surface area (Å²) in [6, 6.07) is -0.0646. The smallest absolute Gasteiger partial charge is 0.223 e. The summed E-state index contributed by atoms with van der Waals surface area (Å²) in [7, 11) is 1.62. The molecule has 1 aliphatic carbocycles. The van der Waals surface area contributed by atoms with Gasteiger partial charge in [-0.1, -0.05) is 26.7 Å². The van der Waals surface area contributed by atoms with E-state index in [-0.39, 0.29) is 23.3 Å². The van der Waals surface area contributed by atoms with Gasteiger partial charge in [0.1, 0.15) is 0 Å². The molecule has 0 aromatic heterocycles. The van der Waals surface area contributed by atoms with Crippen LogP contribution in [0.25, 0.3) is 0 Å². The maximum atomic E-state index is 12.2. The van der Waals surface area contributed by atoms with Crippen molar-refractivity contribution in [3.8, 4) is 0 Å². The number of rotatable bonds is 5. The van der Waals surface area contributed by atoms with E-state index in [0.717, 1.165) is 19.3 Å². The molecule has 2 unspecified atom stereocenters. The van der Waals surface area contributed by atoms with Crippen LogP contribution in [0, 0.1) is 11.3 Å². The number of carbonyl (C=O) groups is 1. The van der Waals surface area contributed by atoms with Gasteiger partial charge >= 0.3 is 0 Å². The van der Waals surface area contributed by atoms with E-state index < -0.39 is 0 Å². The first-order valence-electron chi connectivity index (χ1n) is 6.50. The lowest BCUT2D eigenvalue weighted by Gasteiger charge is -2.38. The average Bonchev–Trinajstić information content (AvgIpc) is 2.27. The van der Waals surface area contributed by atoms with Crippen molar-refractivity contribution in [1.29, 1.82) is 0 Å². The Balaban J connectivity index is 2.55. The predicted octanol–water partition coefficient (Wildman–Crippen LogP) is 1.29. The van der Waals surface area contributed by atoms with Crippen LogP contribution >= 0.6 is 0 Å². The molecule has 0 heterocycles. The predicted molar refractivity (Wildman–Crippen MR) is 68.6 cm³/mol. The summed E-state index contributed by atoms with van der Waals surface area (Å²) < 4.78 is 5.04. The molecule has 0 radical (unpaired) electrons. The monoisotopic (exact) mass is 242 g/mol. The fourth-order valence-electron chi connectivity index (χ4n) is 2.65. The lowest BCUT2D eigenvalue weighted by atomic mass is 9.68. The number of carbonyl (C=O) groups excluding carboxylic acids is 1. The van der Waals surface area contributed by atoms with Crippen LogP contribution in [0.4, 0.5) is 0 Å². The van der Waals surface area contributed by atoms with Crippen LogP contribution in [0.5, 0.6) is 0 Å². The molecule has 0 aromatic carbocycles. The van der Waals surface area contributed by atoms with Gasteiger partial charge in [0.15, 0.2) is 0 Å². The maximum absolute atomic E-state index is 12.2. The Bertz CT molecular complexity index is 254. The van der Waals surface area contributed by atoms with Gasteiger partial charge in [0.25, 0.3) is 0 Å². The third-order valence-electron chi connectivity index (χ3n) is 3.82. The highest BCUT2D eigenvalue weighted by Gasteiger charge is 2.37. The first-order chi connectivity index (χ1) is 8.01. The third kappa shape index (κ3) is 3.96. The van der Waals surface area contributed by atoms with E-state index in [1.807, 2.05) is 0 Å². The minimum atomic E-state index is -0.0646. The topological polar surface area (TPSA) is 64.3 Å². The minimum Gasteiger partial charge on any atom is -0.383 e. The number of methoxy groups -OCH3 is 1. The van der Waals surface area contributed by atoms with Crippen LogP contribution in [0.2, 0.25) is 0 Å². The highest BCUT2D eigenvalue weighted by Crippen LogP contribution is 2.40. The first-order valence-corrected chi connectivity index (χ1v) is 6.50. The molecule has 1 aliphatic rings. The van der Waals surface area contributed by atoms with Crippen LogP contribution in [0.1, 0.15) is 39.5 Å². The summed E-state index contributed by atoms with van der Waals surface area (Å²) in [6.07, 6.45) is 4.50. The Morgan fingerprint density at radius 3 is 2.76 bits per heavy atom.